The number of nitrogen functional groups attached to an aromatic ring is 1. The van der Waals surface area contributed by atoms with Gasteiger partial charge in [0.15, 0.2) is 0 Å². The summed E-state index contributed by atoms with van der Waals surface area (Å²) in [7, 11) is -3.15. The second-order valence-electron chi connectivity index (χ2n) is 6.83. The van der Waals surface area contributed by atoms with Gasteiger partial charge in [-0.25, -0.2) is 14.6 Å². The summed E-state index contributed by atoms with van der Waals surface area (Å²) in [5, 5.41) is 9.00. The minimum Gasteiger partial charge on any atom is -0.870 e. The summed E-state index contributed by atoms with van der Waals surface area (Å²) in [5.41, 5.74) is 7.22. The molecule has 216 valence electrons. The zero-order valence-electron chi connectivity index (χ0n) is 23.8. The van der Waals surface area contributed by atoms with Crippen LogP contribution in [0.4, 0.5) is 11.6 Å². The van der Waals surface area contributed by atoms with Crippen molar-refractivity contribution < 1.29 is 115 Å². The topological polar surface area (TPSA) is 192 Å². The van der Waals surface area contributed by atoms with Gasteiger partial charge in [0.05, 0.1) is 21.0 Å². The summed E-state index contributed by atoms with van der Waals surface area (Å²) in [6.45, 7) is 4.56. The number of alkyl halides is 3. The van der Waals surface area contributed by atoms with Crippen molar-refractivity contribution in [2.75, 3.05) is 22.5 Å². The maximum atomic E-state index is 11.7. The van der Waals surface area contributed by atoms with Crippen molar-refractivity contribution in [1.29, 1.82) is 0 Å². The van der Waals surface area contributed by atoms with Gasteiger partial charge in [-0.15, -0.1) is 0 Å². The Morgan fingerprint density at radius 2 is 1.67 bits per heavy atom. The molecule has 3 heterocycles. The first-order valence-corrected chi connectivity index (χ1v) is 33.1. The minimum absolute atomic E-state index is 0. The van der Waals surface area contributed by atoms with Crippen LogP contribution in [0.2, 0.25) is 0 Å². The summed E-state index contributed by atoms with van der Waals surface area (Å²) in [5.74, 6) is 1.41. The first-order chi connectivity index (χ1) is 18.2. The third kappa shape index (κ3) is 27.5. The molecule has 3 rings (SSSR count). The van der Waals surface area contributed by atoms with Crippen molar-refractivity contribution in [1.82, 2.24) is 9.97 Å². The van der Waals surface area contributed by atoms with E-state index in [0.717, 1.165) is 50.9 Å². The number of nitrogens with zero attached hydrogens (tertiary/aromatic N) is 3. The number of pyridine rings is 2. The van der Waals surface area contributed by atoms with Crippen LogP contribution in [0.25, 0.3) is 0 Å². The average molecular weight is 1040 g/mol. The van der Waals surface area contributed by atoms with Crippen LogP contribution >= 0.6 is 99.5 Å². The Hall–Kier alpha value is 5.78. The molecule has 0 spiro atoms. The van der Waals surface area contributed by atoms with Crippen LogP contribution < -0.4 is 102 Å². The van der Waals surface area contributed by atoms with Crippen molar-refractivity contribution >= 4 is 185 Å². The fourth-order valence-electron chi connectivity index (χ4n) is 2.33. The normalized spacial score (nSPS) is 13.7. The minimum atomic E-state index is -3.15. The molecular formula is C20H23Br5ClK3N4NaO7P. The monoisotopic (exact) mass is 1030 g/mol. The molecular weight excluding hydrogens is 1010 g/mol. The Morgan fingerprint density at radius 1 is 1.21 bits per heavy atom. The number of carbonyl (C=O) groups excluding carboxylic acids is 2. The van der Waals surface area contributed by atoms with Crippen molar-refractivity contribution in [3.63, 3.8) is 0 Å². The van der Waals surface area contributed by atoms with E-state index in [-0.39, 0.29) is 107 Å². The molecule has 42 heavy (non-hydrogen) atoms. The third-order valence-electron chi connectivity index (χ3n) is 4.14. The van der Waals surface area contributed by atoms with E-state index in [4.69, 9.17) is 32.1 Å². The molecule has 0 saturated carbocycles. The first kappa shape index (κ1) is 57.1. The van der Waals surface area contributed by atoms with E-state index in [1.807, 2.05) is 32.0 Å². The van der Waals surface area contributed by atoms with Crippen molar-refractivity contribution in [3.05, 3.63) is 44.6 Å². The number of halogens is 6. The number of rotatable bonds is 5. The summed E-state index contributed by atoms with van der Waals surface area (Å²) in [6.07, 6.45) is 1.58. The Bertz CT molecular complexity index is 1080. The molecule has 0 aliphatic carbocycles. The predicted molar refractivity (Wildman–Crippen MR) is 172 cm³/mol. The number of aromatic nitrogens is 2. The van der Waals surface area contributed by atoms with Crippen molar-refractivity contribution in [2.24, 2.45) is 0 Å². The molecule has 11 nitrogen and oxygen atoms in total. The Kier molecular flexibility index (Phi) is 47.9. The average Bonchev–Trinajstić information content (AvgIpc) is 3.23. The number of amides is 1. The zero-order chi connectivity index (χ0) is 30.7. The van der Waals surface area contributed by atoms with Gasteiger partial charge in [-0.05, 0) is 99.0 Å². The van der Waals surface area contributed by atoms with E-state index in [9.17, 15) is 9.59 Å². The number of aryl methyl sites for hydroxylation is 2. The Labute approximate surface area is 403 Å². The van der Waals surface area contributed by atoms with Gasteiger partial charge >= 0.3 is 152 Å². The number of anilines is 2. The molecule has 1 amide bonds. The van der Waals surface area contributed by atoms with Gasteiger partial charge in [0.1, 0.15) is 11.6 Å². The molecule has 3 atom stereocenters. The zero-order valence-corrected chi connectivity index (χ0v) is 44.8. The summed E-state index contributed by atoms with van der Waals surface area (Å²) < 4.78 is 13.3. The predicted octanol–water partition coefficient (Wildman–Crippen LogP) is -1.95. The number of hydrogen-bond donors (Lipinski definition) is 1. The van der Waals surface area contributed by atoms with Crippen LogP contribution in [0.5, 0.6) is 0 Å². The van der Waals surface area contributed by atoms with Crippen LogP contribution in [-0.4, -0.2) is 111 Å². The largest absolute Gasteiger partial charge is 1.00 e. The second-order valence-corrected chi connectivity index (χ2v) is 12.5. The first-order valence-electron chi connectivity index (χ1n) is 11.1. The molecule has 2 aromatic heterocycles. The maximum Gasteiger partial charge on any atom is 1.00 e. The van der Waals surface area contributed by atoms with Crippen molar-refractivity contribution in [2.45, 2.75) is 36.3 Å². The van der Waals surface area contributed by atoms with Crippen LogP contribution in [0, 0.1) is 13.8 Å². The molecule has 3 unspecified atom stereocenters. The fourth-order valence-corrected chi connectivity index (χ4v) is 4.63. The van der Waals surface area contributed by atoms with Gasteiger partial charge in [0.25, 0.3) is 0 Å². The molecule has 0 bridgehead atoms. The molecule has 1 saturated heterocycles. The van der Waals surface area contributed by atoms with Crippen LogP contribution in [-0.2, 0) is 18.8 Å². The number of nitrogens with two attached hydrogens (primary N) is 1. The van der Waals surface area contributed by atoms with Gasteiger partial charge in [0, 0.05) is 20.8 Å². The fraction of sp³-hybridized carbons (Fsp3) is 0.400. The molecule has 22 heteroatoms. The van der Waals surface area contributed by atoms with Gasteiger partial charge in [-0.1, -0.05) is 47.8 Å². The van der Waals surface area contributed by atoms with Crippen LogP contribution in [0.3, 0.4) is 0 Å². The van der Waals surface area contributed by atoms with Crippen LogP contribution in [0.15, 0.2) is 33.2 Å². The van der Waals surface area contributed by atoms with E-state index in [1.165, 1.54) is 63.2 Å². The Balaban J connectivity index is -0.000000149. The summed E-state index contributed by atoms with van der Waals surface area (Å²) >= 11 is 23.9. The summed E-state index contributed by atoms with van der Waals surface area (Å²) in [6, 6.07) is 7.43. The van der Waals surface area contributed by atoms with E-state index in [2.05, 4.69) is 94.3 Å². The molecule has 1 aliphatic rings. The van der Waals surface area contributed by atoms with Gasteiger partial charge in [-0.2, -0.15) is 0 Å². The molecule has 0 aromatic carbocycles. The molecule has 1 aliphatic heterocycles. The van der Waals surface area contributed by atoms with E-state index < -0.39 is 8.25 Å². The SMILES string of the molecule is Cc1nc(N)ccc1Br.Cc1nc(N2CCC(Br)C2=O)ccc1Br.O=C(Cl)C(Br)CCBr.O=[P+]([O-])O[O-].[K+].[K][K].[Na+].[OH-]. The quantitative estimate of drug-likeness (QED) is 0.0881. The van der Waals surface area contributed by atoms with E-state index in [1.54, 1.807) is 11.0 Å². The number of hydrogen-bond acceptors (Lipinski definition) is 10. The smallest absolute Gasteiger partial charge is 0.870 e. The molecule has 3 N–H and O–H groups in total. The van der Waals surface area contributed by atoms with Crippen LogP contribution in [0.1, 0.15) is 24.2 Å². The van der Waals surface area contributed by atoms with Gasteiger partial charge < -0.3 is 21.4 Å². The molecule has 0 radical (unpaired) electrons. The molecule has 1 fully saturated rings. The maximum absolute atomic E-state index is 11.7. The van der Waals surface area contributed by atoms with Gasteiger partial charge in [0.2, 0.25) is 11.1 Å². The van der Waals surface area contributed by atoms with Crippen molar-refractivity contribution in [3.8, 4) is 0 Å². The number of carbonyl (C=O) groups is 2. The molecule has 2 aromatic rings. The summed E-state index contributed by atoms with van der Waals surface area (Å²) in [4.78, 5) is 40.7. The third-order valence-corrected chi connectivity index (χ3v) is 8.64. The van der Waals surface area contributed by atoms with E-state index in [0.29, 0.717) is 5.82 Å². The van der Waals surface area contributed by atoms with Gasteiger partial charge in [-0.3, -0.25) is 14.5 Å². The Morgan fingerprint density at radius 3 is 1.95 bits per heavy atom. The standard InChI is InChI=1S/C10H10Br2N2O.C6H7BrN2.C4H5Br2ClO.3K.Na.HO4P.H2O/c1-6-7(11)2-3-9(13-6)14-5-4-8(12)10(14)15;1-4-5(7)2-3-6(8)9-4;5-2-1-3(6)4(7)8;;;;;1-4-5(2)3;/h2-3,8H,4-5H2,1H3;2-3H,1H3,(H2,8,9);3H,1-2H2;;;;;1H;1H2/q;;;;;2*+1;;/p-2. The second kappa shape index (κ2) is 35.2. The van der Waals surface area contributed by atoms with E-state index >= 15 is 0 Å².